The maximum atomic E-state index is 11.7. The highest BCUT2D eigenvalue weighted by Gasteiger charge is 2.13. The number of hydrazine groups is 1. The Morgan fingerprint density at radius 1 is 1.17 bits per heavy atom. The number of carbonyl (C=O) groups is 2. The van der Waals surface area contributed by atoms with Gasteiger partial charge in [0.05, 0.1) is 11.8 Å². The second-order valence-corrected chi connectivity index (χ2v) is 3.51. The summed E-state index contributed by atoms with van der Waals surface area (Å²) in [6.07, 6.45) is 2.90. The molecule has 0 spiro atoms. The van der Waals surface area contributed by atoms with Gasteiger partial charge in [0.2, 0.25) is 0 Å². The minimum atomic E-state index is -0.481. The van der Waals surface area contributed by atoms with Crippen molar-refractivity contribution in [2.75, 3.05) is 0 Å². The van der Waals surface area contributed by atoms with E-state index in [0.717, 1.165) is 0 Å². The number of furan rings is 1. The van der Waals surface area contributed by atoms with Crippen LogP contribution in [0.5, 0.6) is 0 Å². The number of hydrogen-bond acceptors (Lipinski definition) is 4. The van der Waals surface area contributed by atoms with Gasteiger partial charge in [-0.1, -0.05) is 6.07 Å². The fourth-order valence-corrected chi connectivity index (χ4v) is 1.36. The molecular formula is C12H11N3O3. The van der Waals surface area contributed by atoms with E-state index in [2.05, 4.69) is 15.8 Å². The van der Waals surface area contributed by atoms with E-state index in [1.807, 2.05) is 0 Å². The average Bonchev–Trinajstić information content (AvgIpc) is 2.83. The molecule has 0 aliphatic carbocycles. The van der Waals surface area contributed by atoms with E-state index in [4.69, 9.17) is 4.42 Å². The lowest BCUT2D eigenvalue weighted by Crippen LogP contribution is -2.42. The Hall–Kier alpha value is -2.63. The van der Waals surface area contributed by atoms with Gasteiger partial charge in [0.15, 0.2) is 0 Å². The quantitative estimate of drug-likeness (QED) is 0.775. The van der Waals surface area contributed by atoms with Crippen molar-refractivity contribution in [2.45, 2.75) is 6.92 Å². The SMILES string of the molecule is Cc1occc1C(=O)NNC(=O)c1ccccn1. The van der Waals surface area contributed by atoms with E-state index in [9.17, 15) is 9.59 Å². The van der Waals surface area contributed by atoms with Gasteiger partial charge in [-0.25, -0.2) is 0 Å². The van der Waals surface area contributed by atoms with Crippen LogP contribution in [0.1, 0.15) is 26.6 Å². The van der Waals surface area contributed by atoms with Gasteiger partial charge in [0.1, 0.15) is 11.5 Å². The topological polar surface area (TPSA) is 84.2 Å². The summed E-state index contributed by atoms with van der Waals surface area (Å²) < 4.78 is 4.99. The van der Waals surface area contributed by atoms with E-state index in [-0.39, 0.29) is 5.69 Å². The molecule has 0 saturated heterocycles. The van der Waals surface area contributed by atoms with Crippen molar-refractivity contribution in [3.05, 3.63) is 53.7 Å². The first-order valence-electron chi connectivity index (χ1n) is 5.24. The fraction of sp³-hybridized carbons (Fsp3) is 0.0833. The fourth-order valence-electron chi connectivity index (χ4n) is 1.36. The van der Waals surface area contributed by atoms with E-state index in [1.165, 1.54) is 18.5 Å². The summed E-state index contributed by atoms with van der Waals surface area (Å²) in [5.41, 5.74) is 5.15. The van der Waals surface area contributed by atoms with Gasteiger partial charge in [-0.3, -0.25) is 25.4 Å². The molecule has 18 heavy (non-hydrogen) atoms. The predicted molar refractivity (Wildman–Crippen MR) is 62.6 cm³/mol. The normalized spacial score (nSPS) is 9.83. The smallest absolute Gasteiger partial charge is 0.288 e. The van der Waals surface area contributed by atoms with Gasteiger partial charge in [-0.2, -0.15) is 0 Å². The monoisotopic (exact) mass is 245 g/mol. The predicted octanol–water partition coefficient (Wildman–Crippen LogP) is 1.06. The van der Waals surface area contributed by atoms with Crippen LogP contribution in [0.15, 0.2) is 41.1 Å². The van der Waals surface area contributed by atoms with Gasteiger partial charge in [0, 0.05) is 6.20 Å². The molecule has 6 heteroatoms. The molecule has 6 nitrogen and oxygen atoms in total. The molecular weight excluding hydrogens is 234 g/mol. The van der Waals surface area contributed by atoms with Crippen molar-refractivity contribution >= 4 is 11.8 Å². The molecule has 2 heterocycles. The minimum Gasteiger partial charge on any atom is -0.469 e. The van der Waals surface area contributed by atoms with Crippen LogP contribution in [-0.2, 0) is 0 Å². The van der Waals surface area contributed by atoms with Crippen LogP contribution in [0.2, 0.25) is 0 Å². The summed E-state index contributed by atoms with van der Waals surface area (Å²) in [4.78, 5) is 27.1. The Kier molecular flexibility index (Phi) is 3.38. The maximum absolute atomic E-state index is 11.7. The van der Waals surface area contributed by atoms with Gasteiger partial charge >= 0.3 is 0 Å². The average molecular weight is 245 g/mol. The highest BCUT2D eigenvalue weighted by Crippen LogP contribution is 2.07. The van der Waals surface area contributed by atoms with Crippen molar-refractivity contribution in [1.82, 2.24) is 15.8 Å². The maximum Gasteiger partial charge on any atom is 0.288 e. The number of rotatable bonds is 2. The van der Waals surface area contributed by atoms with Crippen molar-refractivity contribution < 1.29 is 14.0 Å². The molecule has 2 aromatic heterocycles. The number of aryl methyl sites for hydroxylation is 1. The van der Waals surface area contributed by atoms with Crippen LogP contribution in [0, 0.1) is 6.92 Å². The van der Waals surface area contributed by atoms with E-state index in [1.54, 1.807) is 25.1 Å². The zero-order chi connectivity index (χ0) is 13.0. The Balaban J connectivity index is 1.95. The first kappa shape index (κ1) is 11.8. The van der Waals surface area contributed by atoms with Gasteiger partial charge in [-0.05, 0) is 25.1 Å². The number of nitrogens with zero attached hydrogens (tertiary/aromatic N) is 1. The van der Waals surface area contributed by atoms with Crippen LogP contribution < -0.4 is 10.9 Å². The third-order valence-electron chi connectivity index (χ3n) is 2.29. The molecule has 0 radical (unpaired) electrons. The number of amides is 2. The molecule has 0 aliphatic rings. The molecule has 0 bridgehead atoms. The van der Waals surface area contributed by atoms with Crippen molar-refractivity contribution in [1.29, 1.82) is 0 Å². The largest absolute Gasteiger partial charge is 0.469 e. The summed E-state index contributed by atoms with van der Waals surface area (Å²) in [5, 5.41) is 0. The molecule has 0 atom stereocenters. The zero-order valence-corrected chi connectivity index (χ0v) is 9.64. The summed E-state index contributed by atoms with van der Waals surface area (Å²) in [6.45, 7) is 1.66. The third kappa shape index (κ3) is 2.54. The molecule has 2 aromatic rings. The highest BCUT2D eigenvalue weighted by atomic mass is 16.3. The summed E-state index contributed by atoms with van der Waals surface area (Å²) in [6, 6.07) is 6.45. The molecule has 0 unspecified atom stereocenters. The molecule has 0 aliphatic heterocycles. The third-order valence-corrected chi connectivity index (χ3v) is 2.29. The summed E-state index contributed by atoms with van der Waals surface area (Å²) in [5.74, 6) is -0.435. The summed E-state index contributed by atoms with van der Waals surface area (Å²) in [7, 11) is 0. The van der Waals surface area contributed by atoms with Crippen LogP contribution in [0.3, 0.4) is 0 Å². The lowest BCUT2D eigenvalue weighted by molar-refractivity contribution is 0.0843. The van der Waals surface area contributed by atoms with Gasteiger partial charge in [0.25, 0.3) is 11.8 Å². The second kappa shape index (κ2) is 5.13. The van der Waals surface area contributed by atoms with Crippen LogP contribution in [-0.4, -0.2) is 16.8 Å². The molecule has 2 N–H and O–H groups in total. The minimum absolute atomic E-state index is 0.224. The van der Waals surface area contributed by atoms with Crippen molar-refractivity contribution in [3.8, 4) is 0 Å². The lowest BCUT2D eigenvalue weighted by atomic mass is 10.2. The molecule has 2 amide bonds. The number of aromatic nitrogens is 1. The van der Waals surface area contributed by atoms with Crippen LogP contribution in [0.25, 0.3) is 0 Å². The van der Waals surface area contributed by atoms with Crippen molar-refractivity contribution in [3.63, 3.8) is 0 Å². The second-order valence-electron chi connectivity index (χ2n) is 3.51. The lowest BCUT2D eigenvalue weighted by Gasteiger charge is -2.05. The van der Waals surface area contributed by atoms with E-state index >= 15 is 0 Å². The van der Waals surface area contributed by atoms with Crippen LogP contribution in [0.4, 0.5) is 0 Å². The first-order valence-corrected chi connectivity index (χ1v) is 5.24. The number of hydrogen-bond donors (Lipinski definition) is 2. The number of carbonyl (C=O) groups excluding carboxylic acids is 2. The Labute approximate surface area is 103 Å². The first-order chi connectivity index (χ1) is 8.68. The van der Waals surface area contributed by atoms with Gasteiger partial charge in [-0.15, -0.1) is 0 Å². The number of pyridine rings is 1. The Bertz CT molecular complexity index is 563. The Morgan fingerprint density at radius 2 is 1.94 bits per heavy atom. The Morgan fingerprint density at radius 3 is 2.56 bits per heavy atom. The van der Waals surface area contributed by atoms with Crippen LogP contribution >= 0.6 is 0 Å². The molecule has 0 saturated carbocycles. The molecule has 2 rings (SSSR count). The molecule has 0 aromatic carbocycles. The van der Waals surface area contributed by atoms with E-state index < -0.39 is 11.8 Å². The van der Waals surface area contributed by atoms with E-state index in [0.29, 0.717) is 11.3 Å². The zero-order valence-electron chi connectivity index (χ0n) is 9.64. The van der Waals surface area contributed by atoms with Crippen molar-refractivity contribution in [2.24, 2.45) is 0 Å². The standard InChI is InChI=1S/C12H11N3O3/c1-8-9(5-7-18-8)11(16)14-15-12(17)10-4-2-3-6-13-10/h2-7H,1H3,(H,14,16)(H,15,17). The molecule has 92 valence electrons. The van der Waals surface area contributed by atoms with Gasteiger partial charge < -0.3 is 4.42 Å². The highest BCUT2D eigenvalue weighted by molar-refractivity contribution is 5.98. The summed E-state index contributed by atoms with van der Waals surface area (Å²) >= 11 is 0. The number of nitrogens with one attached hydrogen (secondary N) is 2. The molecule has 0 fully saturated rings.